The van der Waals surface area contributed by atoms with E-state index in [9.17, 15) is 0 Å². The van der Waals surface area contributed by atoms with Gasteiger partial charge in [-0.25, -0.2) is 4.98 Å². The van der Waals surface area contributed by atoms with Crippen LogP contribution >= 0.6 is 11.3 Å². The van der Waals surface area contributed by atoms with E-state index >= 15 is 0 Å². The molecule has 1 aromatic heterocycles. The number of hydrogen-bond donors (Lipinski definition) is 1. The van der Waals surface area contributed by atoms with Crippen molar-refractivity contribution >= 4 is 21.6 Å². The van der Waals surface area contributed by atoms with Crippen LogP contribution in [0.1, 0.15) is 18.9 Å². The number of rotatable bonds is 3. The summed E-state index contributed by atoms with van der Waals surface area (Å²) in [6.45, 7) is 4.30. The van der Waals surface area contributed by atoms with Gasteiger partial charge in [0.05, 0.1) is 15.2 Å². The zero-order chi connectivity index (χ0) is 10.8. The van der Waals surface area contributed by atoms with E-state index < -0.39 is 0 Å². The summed E-state index contributed by atoms with van der Waals surface area (Å²) in [6.07, 6.45) is 0.886. The van der Waals surface area contributed by atoms with Crippen LogP contribution in [0.3, 0.4) is 0 Å². The highest BCUT2D eigenvalue weighted by Gasteiger charge is 2.11. The molecular formula is C12H16N2S. The zero-order valence-corrected chi connectivity index (χ0v) is 9.92. The molecule has 0 fully saturated rings. The molecule has 1 heterocycles. The summed E-state index contributed by atoms with van der Waals surface area (Å²) in [6, 6.07) is 8.44. The quantitative estimate of drug-likeness (QED) is 0.864. The van der Waals surface area contributed by atoms with Gasteiger partial charge in [0.15, 0.2) is 0 Å². The van der Waals surface area contributed by atoms with Gasteiger partial charge in [0, 0.05) is 12.5 Å². The lowest BCUT2D eigenvalue weighted by Crippen LogP contribution is -2.28. The third-order valence-electron chi connectivity index (χ3n) is 2.60. The Morgan fingerprint density at radius 3 is 2.73 bits per heavy atom. The van der Waals surface area contributed by atoms with Crippen molar-refractivity contribution in [3.8, 4) is 0 Å². The number of thiazole rings is 1. The number of hydrogen-bond acceptors (Lipinski definition) is 3. The van der Waals surface area contributed by atoms with Gasteiger partial charge in [-0.2, -0.15) is 0 Å². The average Bonchev–Trinajstić information content (AvgIpc) is 2.59. The average molecular weight is 220 g/mol. The van der Waals surface area contributed by atoms with Crippen LogP contribution in [-0.4, -0.2) is 11.0 Å². The van der Waals surface area contributed by atoms with E-state index in [1.807, 2.05) is 12.1 Å². The molecule has 1 unspecified atom stereocenters. The first-order valence-electron chi connectivity index (χ1n) is 5.27. The van der Waals surface area contributed by atoms with E-state index in [1.165, 1.54) is 4.70 Å². The standard InChI is InChI=1S/C12H16N2S/c1-8(2)9(13)7-12-14-10-5-3-4-6-11(10)15-12/h3-6,8-9H,7,13H2,1-2H3. The van der Waals surface area contributed by atoms with Crippen LogP contribution in [0.2, 0.25) is 0 Å². The number of nitrogens with two attached hydrogens (primary N) is 1. The molecule has 2 aromatic rings. The second kappa shape index (κ2) is 4.29. The van der Waals surface area contributed by atoms with E-state index in [0.717, 1.165) is 16.9 Å². The van der Waals surface area contributed by atoms with E-state index in [2.05, 4.69) is 31.0 Å². The normalized spacial score (nSPS) is 13.6. The van der Waals surface area contributed by atoms with Gasteiger partial charge < -0.3 is 5.73 Å². The summed E-state index contributed by atoms with van der Waals surface area (Å²) in [5.74, 6) is 0.511. The Labute approximate surface area is 94.1 Å². The van der Waals surface area contributed by atoms with Gasteiger partial charge in [0.25, 0.3) is 0 Å². The van der Waals surface area contributed by atoms with Crippen molar-refractivity contribution in [2.24, 2.45) is 11.7 Å². The Balaban J connectivity index is 2.22. The Kier molecular flexibility index (Phi) is 3.03. The van der Waals surface area contributed by atoms with E-state index in [-0.39, 0.29) is 6.04 Å². The minimum atomic E-state index is 0.213. The van der Waals surface area contributed by atoms with Crippen LogP contribution in [0.4, 0.5) is 0 Å². The molecule has 0 saturated carbocycles. The number of benzene rings is 1. The Morgan fingerprint density at radius 1 is 1.33 bits per heavy atom. The van der Waals surface area contributed by atoms with E-state index in [0.29, 0.717) is 5.92 Å². The van der Waals surface area contributed by atoms with E-state index in [4.69, 9.17) is 5.73 Å². The summed E-state index contributed by atoms with van der Waals surface area (Å²) >= 11 is 1.75. The number of nitrogens with zero attached hydrogens (tertiary/aromatic N) is 1. The third kappa shape index (κ3) is 2.36. The van der Waals surface area contributed by atoms with Crippen LogP contribution in [0, 0.1) is 5.92 Å². The summed E-state index contributed by atoms with van der Waals surface area (Å²) < 4.78 is 1.25. The van der Waals surface area contributed by atoms with Gasteiger partial charge >= 0.3 is 0 Å². The maximum atomic E-state index is 6.04. The molecule has 3 heteroatoms. The number of fused-ring (bicyclic) bond motifs is 1. The number of aromatic nitrogens is 1. The lowest BCUT2D eigenvalue weighted by Gasteiger charge is -2.12. The zero-order valence-electron chi connectivity index (χ0n) is 9.10. The first kappa shape index (κ1) is 10.6. The molecule has 0 saturated heterocycles. The lowest BCUT2D eigenvalue weighted by atomic mass is 10.0. The van der Waals surface area contributed by atoms with Crippen molar-refractivity contribution in [3.05, 3.63) is 29.3 Å². The predicted molar refractivity (Wildman–Crippen MR) is 66.1 cm³/mol. The summed E-state index contributed by atoms with van der Waals surface area (Å²) in [5, 5.41) is 1.15. The number of para-hydroxylation sites is 1. The van der Waals surface area contributed by atoms with Crippen molar-refractivity contribution in [1.29, 1.82) is 0 Å². The van der Waals surface area contributed by atoms with Gasteiger partial charge in [0.1, 0.15) is 0 Å². The molecule has 0 spiro atoms. The maximum absolute atomic E-state index is 6.04. The van der Waals surface area contributed by atoms with Crippen LogP contribution in [0.15, 0.2) is 24.3 Å². The Bertz CT molecular complexity index is 415. The molecule has 0 aliphatic carbocycles. The minimum Gasteiger partial charge on any atom is -0.327 e. The van der Waals surface area contributed by atoms with Gasteiger partial charge in [-0.05, 0) is 18.1 Å². The largest absolute Gasteiger partial charge is 0.327 e. The summed E-state index contributed by atoms with van der Waals surface area (Å²) in [4.78, 5) is 4.57. The molecule has 2 nitrogen and oxygen atoms in total. The molecule has 1 atom stereocenters. The molecule has 0 aliphatic rings. The highest BCUT2D eigenvalue weighted by Crippen LogP contribution is 2.22. The van der Waals surface area contributed by atoms with Gasteiger partial charge in [0.2, 0.25) is 0 Å². The minimum absolute atomic E-state index is 0.213. The molecule has 15 heavy (non-hydrogen) atoms. The van der Waals surface area contributed by atoms with Crippen molar-refractivity contribution < 1.29 is 0 Å². The third-order valence-corrected chi connectivity index (χ3v) is 3.66. The molecule has 0 radical (unpaired) electrons. The first-order valence-corrected chi connectivity index (χ1v) is 6.08. The lowest BCUT2D eigenvalue weighted by molar-refractivity contribution is 0.490. The predicted octanol–water partition coefficient (Wildman–Crippen LogP) is 2.82. The molecule has 80 valence electrons. The summed E-state index contributed by atoms with van der Waals surface area (Å²) in [7, 11) is 0. The first-order chi connectivity index (χ1) is 7.16. The van der Waals surface area contributed by atoms with Gasteiger partial charge in [-0.1, -0.05) is 26.0 Å². The molecular weight excluding hydrogens is 204 g/mol. The van der Waals surface area contributed by atoms with Crippen LogP contribution < -0.4 is 5.73 Å². The van der Waals surface area contributed by atoms with Crippen molar-refractivity contribution in [1.82, 2.24) is 4.98 Å². The van der Waals surface area contributed by atoms with Gasteiger partial charge in [-0.3, -0.25) is 0 Å². The smallest absolute Gasteiger partial charge is 0.0954 e. The highest BCUT2D eigenvalue weighted by atomic mass is 32.1. The molecule has 2 rings (SSSR count). The SMILES string of the molecule is CC(C)C(N)Cc1nc2ccccc2s1. The van der Waals surface area contributed by atoms with Crippen LogP contribution in [0.25, 0.3) is 10.2 Å². The topological polar surface area (TPSA) is 38.9 Å². The van der Waals surface area contributed by atoms with E-state index in [1.54, 1.807) is 11.3 Å². The molecule has 0 bridgehead atoms. The fourth-order valence-corrected chi connectivity index (χ4v) is 2.48. The molecule has 0 aliphatic heterocycles. The Hall–Kier alpha value is -0.930. The summed E-state index contributed by atoms with van der Waals surface area (Å²) in [5.41, 5.74) is 7.13. The van der Waals surface area contributed by atoms with Crippen molar-refractivity contribution in [2.45, 2.75) is 26.3 Å². The van der Waals surface area contributed by atoms with Crippen LogP contribution in [-0.2, 0) is 6.42 Å². The molecule has 1 aromatic carbocycles. The monoisotopic (exact) mass is 220 g/mol. The molecule has 2 N–H and O–H groups in total. The second-order valence-electron chi connectivity index (χ2n) is 4.19. The van der Waals surface area contributed by atoms with Gasteiger partial charge in [-0.15, -0.1) is 11.3 Å². The highest BCUT2D eigenvalue weighted by molar-refractivity contribution is 7.18. The van der Waals surface area contributed by atoms with Crippen molar-refractivity contribution in [3.63, 3.8) is 0 Å². The second-order valence-corrected chi connectivity index (χ2v) is 5.30. The van der Waals surface area contributed by atoms with Crippen LogP contribution in [0.5, 0.6) is 0 Å². The van der Waals surface area contributed by atoms with Crippen molar-refractivity contribution in [2.75, 3.05) is 0 Å². The molecule has 0 amide bonds. The Morgan fingerprint density at radius 2 is 2.07 bits per heavy atom. The fraction of sp³-hybridized carbons (Fsp3) is 0.417. The fourth-order valence-electron chi connectivity index (χ4n) is 1.44. The maximum Gasteiger partial charge on any atom is 0.0954 e.